The third-order valence-corrected chi connectivity index (χ3v) is 9.06. The average molecular weight is 679 g/mol. The Labute approximate surface area is 291 Å². The van der Waals surface area contributed by atoms with Crippen LogP contribution in [0.15, 0.2) is 110 Å². The van der Waals surface area contributed by atoms with Crippen molar-refractivity contribution in [2.75, 3.05) is 44.2 Å². The summed E-state index contributed by atoms with van der Waals surface area (Å²) < 4.78 is 18.3. The van der Waals surface area contributed by atoms with Gasteiger partial charge in [-0.25, -0.2) is 4.79 Å². The van der Waals surface area contributed by atoms with Gasteiger partial charge in [0.05, 0.1) is 23.7 Å². The van der Waals surface area contributed by atoms with E-state index in [1.807, 2.05) is 78.9 Å². The molecule has 2 fully saturated rings. The van der Waals surface area contributed by atoms with Crippen LogP contribution in [0.2, 0.25) is 0 Å². The molecule has 3 atom stereocenters. The highest BCUT2D eigenvalue weighted by Crippen LogP contribution is 2.39. The van der Waals surface area contributed by atoms with Crippen LogP contribution in [0.3, 0.4) is 0 Å². The number of aliphatic hydroxyl groups excluding tert-OH is 1. The molecule has 4 aromatic rings. The van der Waals surface area contributed by atoms with Gasteiger partial charge in [0.15, 0.2) is 6.29 Å². The van der Waals surface area contributed by atoms with Crippen molar-refractivity contribution in [3.63, 3.8) is 0 Å². The van der Waals surface area contributed by atoms with Crippen LogP contribution in [0.4, 0.5) is 16.2 Å². The maximum Gasteiger partial charge on any atom is 0.407 e. The summed E-state index contributed by atoms with van der Waals surface area (Å²) in [6.45, 7) is 8.06. The molecule has 4 aromatic carbocycles. The Morgan fingerprint density at radius 3 is 2.34 bits per heavy atom. The van der Waals surface area contributed by atoms with E-state index in [1.54, 1.807) is 12.1 Å². The molecule has 1 amide bonds. The first-order chi connectivity index (χ1) is 24.4. The smallest absolute Gasteiger partial charge is 0.407 e. The van der Waals surface area contributed by atoms with E-state index >= 15 is 0 Å². The number of aliphatic hydroxyl groups is 1. The van der Waals surface area contributed by atoms with E-state index in [2.05, 4.69) is 27.8 Å². The Kier molecular flexibility index (Phi) is 11.5. The number of rotatable bonds is 12. The first-order valence-electron chi connectivity index (χ1n) is 16.8. The van der Waals surface area contributed by atoms with Crippen molar-refractivity contribution in [1.29, 1.82) is 0 Å². The Hall–Kier alpha value is -5.07. The maximum atomic E-state index is 11.9. The second-order valence-electron chi connectivity index (χ2n) is 12.5. The summed E-state index contributed by atoms with van der Waals surface area (Å²) in [4.78, 5) is 27.3. The zero-order valence-electron chi connectivity index (χ0n) is 27.9. The minimum atomic E-state index is -0.595. The minimum absolute atomic E-state index is 0.0184. The van der Waals surface area contributed by atoms with E-state index in [4.69, 9.17) is 14.2 Å². The van der Waals surface area contributed by atoms with Gasteiger partial charge in [0.25, 0.3) is 5.69 Å². The molecular weight excluding hydrogens is 636 g/mol. The third-order valence-electron chi connectivity index (χ3n) is 9.06. The van der Waals surface area contributed by atoms with Crippen LogP contribution in [0.25, 0.3) is 11.1 Å². The van der Waals surface area contributed by atoms with Gasteiger partial charge in [-0.15, -0.1) is 0 Å². The lowest BCUT2D eigenvalue weighted by Gasteiger charge is -2.41. The van der Waals surface area contributed by atoms with Gasteiger partial charge in [0.2, 0.25) is 0 Å². The number of hydrogen-bond acceptors (Lipinski definition) is 9. The van der Waals surface area contributed by atoms with Gasteiger partial charge in [-0.1, -0.05) is 73.3 Å². The molecule has 2 aliphatic rings. The summed E-state index contributed by atoms with van der Waals surface area (Å²) in [6.07, 6.45) is 0.818. The van der Waals surface area contributed by atoms with Crippen LogP contribution in [0.5, 0.6) is 0 Å². The number of anilines is 1. The summed E-state index contributed by atoms with van der Waals surface area (Å²) in [5.74, 6) is 0. The maximum absolute atomic E-state index is 11.9. The van der Waals surface area contributed by atoms with Crippen LogP contribution in [-0.2, 0) is 27.4 Å². The van der Waals surface area contributed by atoms with E-state index in [-0.39, 0.29) is 36.0 Å². The summed E-state index contributed by atoms with van der Waals surface area (Å²) >= 11 is 0. The fourth-order valence-electron chi connectivity index (χ4n) is 6.38. The minimum Gasteiger partial charge on any atom is -0.445 e. The number of nitro benzene ring substituents is 1. The molecule has 0 aromatic heterocycles. The fraction of sp³-hybridized carbons (Fsp3) is 0.308. The van der Waals surface area contributed by atoms with Crippen molar-refractivity contribution in [3.8, 4) is 11.1 Å². The number of amides is 1. The molecule has 6 rings (SSSR count). The van der Waals surface area contributed by atoms with E-state index in [1.165, 1.54) is 6.08 Å². The zero-order valence-corrected chi connectivity index (χ0v) is 27.9. The first kappa shape index (κ1) is 34.8. The van der Waals surface area contributed by atoms with Crippen LogP contribution >= 0.6 is 0 Å². The normalized spacial score (nSPS) is 19.5. The Balaban J connectivity index is 1.15. The molecule has 11 nitrogen and oxygen atoms in total. The molecule has 2 N–H and O–H groups in total. The Bertz CT molecular complexity index is 1760. The molecule has 50 heavy (non-hydrogen) atoms. The van der Waals surface area contributed by atoms with Crippen molar-refractivity contribution in [2.45, 2.75) is 38.1 Å². The SMILES string of the molecule is C=CCOC(=O)NCc1cccc(-c2cccc([C@@H]3O[C@H](CN4CCN(c5ccc([N+](=O)[O-])cc5)CC4)C[C@H](c4ccc(CO)cc4)O3)c2)c1. The zero-order chi connectivity index (χ0) is 34.9. The van der Waals surface area contributed by atoms with Crippen molar-refractivity contribution in [1.82, 2.24) is 10.2 Å². The monoisotopic (exact) mass is 678 g/mol. The number of nitro groups is 1. The highest BCUT2D eigenvalue weighted by atomic mass is 16.7. The molecule has 0 bridgehead atoms. The summed E-state index contributed by atoms with van der Waals surface area (Å²) in [5, 5.41) is 23.4. The summed E-state index contributed by atoms with van der Waals surface area (Å²) in [6, 6.07) is 30.8. The van der Waals surface area contributed by atoms with Crippen molar-refractivity contribution in [2.24, 2.45) is 0 Å². The predicted molar refractivity (Wildman–Crippen MR) is 190 cm³/mol. The Morgan fingerprint density at radius 2 is 1.64 bits per heavy atom. The van der Waals surface area contributed by atoms with E-state index < -0.39 is 12.4 Å². The van der Waals surface area contributed by atoms with Gasteiger partial charge < -0.3 is 29.5 Å². The highest BCUT2D eigenvalue weighted by Gasteiger charge is 2.34. The standard InChI is InChI=1S/C39H42N4O7/c1-2-21-48-39(45)40-25-29-5-3-6-31(22-29)32-7-4-8-33(23-32)38-49-36(24-37(50-38)30-11-9-28(27-44)10-12-30)26-41-17-19-42(20-18-41)34-13-15-35(16-14-34)43(46)47/h2-16,22-23,36-38,44H,1,17-21,24-27H2,(H,40,45)/t36-,37+,38+/m0/s1. The molecule has 0 saturated carbocycles. The van der Waals surface area contributed by atoms with Gasteiger partial charge >= 0.3 is 6.09 Å². The van der Waals surface area contributed by atoms with Gasteiger partial charge in [-0.3, -0.25) is 15.0 Å². The molecule has 0 unspecified atom stereocenters. The van der Waals surface area contributed by atoms with Crippen LogP contribution in [-0.4, -0.2) is 66.5 Å². The first-order valence-corrected chi connectivity index (χ1v) is 16.8. The van der Waals surface area contributed by atoms with Crippen molar-refractivity contribution >= 4 is 17.5 Å². The summed E-state index contributed by atoms with van der Waals surface area (Å²) in [5.41, 5.74) is 6.80. The number of benzene rings is 4. The number of alkyl carbamates (subject to hydrolysis) is 1. The topological polar surface area (TPSA) is 127 Å². The van der Waals surface area contributed by atoms with Crippen LogP contribution in [0.1, 0.15) is 41.1 Å². The lowest BCUT2D eigenvalue weighted by molar-refractivity contribution is -0.384. The van der Waals surface area contributed by atoms with Gasteiger partial charge in [0.1, 0.15) is 6.61 Å². The molecule has 0 radical (unpaired) electrons. The van der Waals surface area contributed by atoms with E-state index in [0.717, 1.165) is 71.8 Å². The fourth-order valence-corrected chi connectivity index (χ4v) is 6.38. The second-order valence-corrected chi connectivity index (χ2v) is 12.5. The predicted octanol–water partition coefficient (Wildman–Crippen LogP) is 6.53. The quantitative estimate of drug-likeness (QED) is 0.0977. The molecular formula is C39H42N4O7. The van der Waals surface area contributed by atoms with Crippen molar-refractivity contribution in [3.05, 3.63) is 142 Å². The molecule has 0 spiro atoms. The number of carbonyl (C=O) groups excluding carboxylic acids is 1. The molecule has 2 aliphatic heterocycles. The molecule has 11 heteroatoms. The number of piperazine rings is 1. The number of carbonyl (C=O) groups is 1. The lowest BCUT2D eigenvalue weighted by Crippen LogP contribution is -2.49. The molecule has 2 saturated heterocycles. The summed E-state index contributed by atoms with van der Waals surface area (Å²) in [7, 11) is 0. The number of hydrogen-bond donors (Lipinski definition) is 2. The van der Waals surface area contributed by atoms with Crippen LogP contribution in [0, 0.1) is 10.1 Å². The number of non-ortho nitro benzene ring substituents is 1. The second kappa shape index (κ2) is 16.6. The number of nitrogens with one attached hydrogen (secondary N) is 1. The molecule has 2 heterocycles. The third kappa shape index (κ3) is 8.93. The highest BCUT2D eigenvalue weighted by molar-refractivity contribution is 5.68. The number of ether oxygens (including phenoxy) is 3. The molecule has 0 aliphatic carbocycles. The van der Waals surface area contributed by atoms with Gasteiger partial charge in [-0.05, 0) is 52.1 Å². The number of nitrogens with zero attached hydrogens (tertiary/aromatic N) is 3. The van der Waals surface area contributed by atoms with Gasteiger partial charge in [-0.2, -0.15) is 0 Å². The molecule has 260 valence electrons. The van der Waals surface area contributed by atoms with E-state index in [9.17, 15) is 20.0 Å². The lowest BCUT2D eigenvalue weighted by atomic mass is 9.98. The largest absolute Gasteiger partial charge is 0.445 e. The van der Waals surface area contributed by atoms with Crippen molar-refractivity contribution < 1.29 is 29.0 Å². The van der Waals surface area contributed by atoms with Crippen LogP contribution < -0.4 is 10.2 Å². The Morgan fingerprint density at radius 1 is 0.920 bits per heavy atom. The van der Waals surface area contributed by atoms with E-state index in [0.29, 0.717) is 13.0 Å². The van der Waals surface area contributed by atoms with Gasteiger partial charge in [0, 0.05) is 69.1 Å². The average Bonchev–Trinajstić information content (AvgIpc) is 3.16.